The average Bonchev–Trinajstić information content (AvgIpc) is 2.56. The molecule has 0 radical (unpaired) electrons. The molecule has 1 unspecified atom stereocenters. The highest BCUT2D eigenvalue weighted by Gasteiger charge is 2.35. The molecule has 0 saturated heterocycles. The molecule has 2 aromatic carbocycles. The lowest BCUT2D eigenvalue weighted by atomic mass is 10.0. The van der Waals surface area contributed by atoms with Crippen molar-refractivity contribution in [2.45, 2.75) is 19.8 Å². The van der Waals surface area contributed by atoms with Crippen molar-refractivity contribution in [2.24, 2.45) is 0 Å². The van der Waals surface area contributed by atoms with Gasteiger partial charge >= 0.3 is 5.97 Å². The van der Waals surface area contributed by atoms with Gasteiger partial charge in [-0.25, -0.2) is 0 Å². The van der Waals surface area contributed by atoms with Gasteiger partial charge in [-0.2, -0.15) is 0 Å². The summed E-state index contributed by atoms with van der Waals surface area (Å²) in [6.07, 6.45) is 1.04. The van der Waals surface area contributed by atoms with E-state index in [1.165, 1.54) is 7.11 Å². The number of ether oxygens (including phenoxy) is 1. The second kappa shape index (κ2) is 6.21. The normalized spacial score (nSPS) is 18.5. The molecule has 0 spiro atoms. The van der Waals surface area contributed by atoms with Gasteiger partial charge in [-0.15, -0.1) is 0 Å². The third kappa shape index (κ3) is 3.04. The Labute approximate surface area is 135 Å². The molecule has 120 valence electrons. The predicted octanol–water partition coefficient (Wildman–Crippen LogP) is 3.91. The van der Waals surface area contributed by atoms with Crippen molar-refractivity contribution in [1.82, 2.24) is 0 Å². The summed E-state index contributed by atoms with van der Waals surface area (Å²) in [6, 6.07) is 13.5. The molecular weight excluding hydrogens is 311 g/mol. The topological polar surface area (TPSA) is 52.6 Å². The third-order valence-electron chi connectivity index (χ3n) is 4.00. The molecule has 0 saturated carbocycles. The number of carbonyl (C=O) groups is 1. The molecule has 0 aliphatic carbocycles. The van der Waals surface area contributed by atoms with Gasteiger partial charge in [-0.1, -0.05) is 29.8 Å². The summed E-state index contributed by atoms with van der Waals surface area (Å²) in [7, 11) is -1.67. The molecule has 23 heavy (non-hydrogen) atoms. The first kappa shape index (κ1) is 15.8. The molecule has 4 nitrogen and oxygen atoms in total. The second-order valence-corrected chi connectivity index (χ2v) is 8.14. The lowest BCUT2D eigenvalue weighted by Crippen LogP contribution is -2.20. The molecule has 0 amide bonds. The summed E-state index contributed by atoms with van der Waals surface area (Å²) in [5, 5.41) is 0.739. The molecule has 2 aromatic rings. The monoisotopic (exact) mass is 330 g/mol. The van der Waals surface area contributed by atoms with Gasteiger partial charge in [0.15, 0.2) is 0 Å². The highest BCUT2D eigenvalue weighted by atomic mass is 31.2. The van der Waals surface area contributed by atoms with E-state index in [4.69, 9.17) is 4.52 Å². The van der Waals surface area contributed by atoms with Gasteiger partial charge in [0.1, 0.15) is 5.75 Å². The van der Waals surface area contributed by atoms with Crippen molar-refractivity contribution in [2.75, 3.05) is 13.3 Å². The Morgan fingerprint density at radius 2 is 1.96 bits per heavy atom. The van der Waals surface area contributed by atoms with E-state index in [9.17, 15) is 9.36 Å². The highest BCUT2D eigenvalue weighted by Crippen LogP contribution is 2.55. The first-order chi connectivity index (χ1) is 11.0. The van der Waals surface area contributed by atoms with Gasteiger partial charge in [0.25, 0.3) is 7.37 Å². The van der Waals surface area contributed by atoms with Crippen LogP contribution in [0.1, 0.15) is 18.4 Å². The molecule has 3 rings (SSSR count). The smallest absolute Gasteiger partial charge is 0.305 e. The Hall–Kier alpha value is -2.06. The van der Waals surface area contributed by atoms with Crippen LogP contribution in [0.15, 0.2) is 42.5 Å². The van der Waals surface area contributed by atoms with Crippen molar-refractivity contribution in [3.8, 4) is 16.9 Å². The minimum atomic E-state index is -3.03. The minimum absolute atomic E-state index is 0.243. The van der Waals surface area contributed by atoms with Gasteiger partial charge < -0.3 is 9.26 Å². The van der Waals surface area contributed by atoms with Crippen molar-refractivity contribution in [1.29, 1.82) is 0 Å². The van der Waals surface area contributed by atoms with Crippen LogP contribution in [-0.2, 0) is 14.1 Å². The number of hydrogen-bond donors (Lipinski definition) is 0. The summed E-state index contributed by atoms with van der Waals surface area (Å²) in [5.41, 5.74) is 3.06. The zero-order valence-electron chi connectivity index (χ0n) is 13.2. The number of hydrogen-bond acceptors (Lipinski definition) is 4. The SMILES string of the molecule is COC(=O)CCCP1(=O)Oc2ccc(C)cc2-c2ccccc21. The van der Waals surface area contributed by atoms with Crippen LogP contribution in [0.5, 0.6) is 5.75 Å². The fraction of sp³-hybridized carbons (Fsp3) is 0.278. The third-order valence-corrected chi connectivity index (χ3v) is 6.52. The van der Waals surface area contributed by atoms with Crippen LogP contribution in [-0.4, -0.2) is 19.2 Å². The van der Waals surface area contributed by atoms with Crippen LogP contribution in [0.25, 0.3) is 11.1 Å². The second-order valence-electron chi connectivity index (χ2n) is 5.68. The first-order valence-corrected chi connectivity index (χ1v) is 9.40. The molecule has 1 aliphatic rings. The van der Waals surface area contributed by atoms with E-state index in [0.717, 1.165) is 22.0 Å². The quantitative estimate of drug-likeness (QED) is 0.630. The van der Waals surface area contributed by atoms with Crippen molar-refractivity contribution >= 4 is 18.6 Å². The summed E-state index contributed by atoms with van der Waals surface area (Å²) in [4.78, 5) is 11.3. The number of methoxy groups -OCH3 is 1. The van der Waals surface area contributed by atoms with Crippen LogP contribution in [0.4, 0.5) is 0 Å². The van der Waals surface area contributed by atoms with Crippen LogP contribution in [0.3, 0.4) is 0 Å². The largest absolute Gasteiger partial charge is 0.469 e. The van der Waals surface area contributed by atoms with Gasteiger partial charge in [0.05, 0.1) is 12.4 Å². The number of aryl methyl sites for hydroxylation is 1. The average molecular weight is 330 g/mol. The molecule has 0 fully saturated rings. The fourth-order valence-corrected chi connectivity index (χ4v) is 5.20. The standard InChI is InChI=1S/C18H19O4P/c1-13-9-10-16-15(12-13)14-6-3-4-7-17(14)23(20,22-16)11-5-8-18(19)21-2/h3-4,6-7,9-10,12H,5,8,11H2,1-2H3. The number of carbonyl (C=O) groups excluding carboxylic acids is 1. The Balaban J connectivity index is 1.96. The minimum Gasteiger partial charge on any atom is -0.469 e. The maximum absolute atomic E-state index is 13.4. The molecule has 0 aromatic heterocycles. The van der Waals surface area contributed by atoms with E-state index in [-0.39, 0.29) is 12.4 Å². The summed E-state index contributed by atoms with van der Waals surface area (Å²) < 4.78 is 24.0. The Kier molecular flexibility index (Phi) is 4.27. The van der Waals surface area contributed by atoms with Crippen LogP contribution in [0.2, 0.25) is 0 Å². The molecule has 0 bridgehead atoms. The van der Waals surface area contributed by atoms with E-state index >= 15 is 0 Å². The summed E-state index contributed by atoms with van der Waals surface area (Å²) >= 11 is 0. The zero-order chi connectivity index (χ0) is 16.4. The number of benzene rings is 2. The van der Waals surface area contributed by atoms with Crippen LogP contribution >= 0.6 is 7.37 Å². The molecule has 1 heterocycles. The summed E-state index contributed by atoms with van der Waals surface area (Å²) in [6.45, 7) is 2.02. The maximum Gasteiger partial charge on any atom is 0.305 e. The van der Waals surface area contributed by atoms with E-state index < -0.39 is 7.37 Å². The zero-order valence-corrected chi connectivity index (χ0v) is 14.1. The molecule has 1 aliphatic heterocycles. The van der Waals surface area contributed by atoms with E-state index in [2.05, 4.69) is 4.74 Å². The maximum atomic E-state index is 13.4. The van der Waals surface area contributed by atoms with Gasteiger partial charge in [-0.05, 0) is 37.1 Å². The van der Waals surface area contributed by atoms with Crippen LogP contribution < -0.4 is 9.83 Å². The number of rotatable bonds is 4. The van der Waals surface area contributed by atoms with Gasteiger partial charge in [0, 0.05) is 18.1 Å². The van der Waals surface area contributed by atoms with Gasteiger partial charge in [-0.3, -0.25) is 9.36 Å². The first-order valence-electron chi connectivity index (χ1n) is 7.59. The molecular formula is C18H19O4P. The fourth-order valence-electron chi connectivity index (χ4n) is 2.84. The van der Waals surface area contributed by atoms with E-state index in [1.54, 1.807) is 0 Å². The van der Waals surface area contributed by atoms with Crippen molar-refractivity contribution in [3.63, 3.8) is 0 Å². The Morgan fingerprint density at radius 3 is 2.74 bits per heavy atom. The number of fused-ring (bicyclic) bond motifs is 3. The van der Waals surface area contributed by atoms with E-state index in [1.807, 2.05) is 49.4 Å². The van der Waals surface area contributed by atoms with Crippen molar-refractivity contribution in [3.05, 3.63) is 48.0 Å². The highest BCUT2D eigenvalue weighted by molar-refractivity contribution is 7.67. The van der Waals surface area contributed by atoms with Crippen LogP contribution in [0, 0.1) is 6.92 Å². The van der Waals surface area contributed by atoms with Gasteiger partial charge in [0.2, 0.25) is 0 Å². The predicted molar refractivity (Wildman–Crippen MR) is 90.6 cm³/mol. The Morgan fingerprint density at radius 1 is 1.17 bits per heavy atom. The lowest BCUT2D eigenvalue weighted by Gasteiger charge is -2.29. The molecule has 1 atom stereocenters. The molecule has 0 N–H and O–H groups in total. The van der Waals surface area contributed by atoms with Crippen molar-refractivity contribution < 1.29 is 18.6 Å². The van der Waals surface area contributed by atoms with E-state index in [0.29, 0.717) is 18.3 Å². The lowest BCUT2D eigenvalue weighted by molar-refractivity contribution is -0.140. The number of esters is 1. The Bertz CT molecular complexity index is 797. The molecule has 5 heteroatoms. The summed E-state index contributed by atoms with van der Waals surface area (Å²) in [5.74, 6) is 0.355.